The molecule has 0 aliphatic carbocycles. The molecule has 0 spiro atoms. The average molecular weight is 544 g/mol. The van der Waals surface area contributed by atoms with Crippen LogP contribution in [0.4, 0.5) is 9.59 Å². The summed E-state index contributed by atoms with van der Waals surface area (Å²) in [5.41, 5.74) is 0. The summed E-state index contributed by atoms with van der Waals surface area (Å²) >= 11 is 0. The molecule has 0 saturated heterocycles. The standard InChI is InChI=1S/C14H27N3O6.C10H14N2O3/c1-4-16-13(19)22-9-11(10-23-14(20)17-5-2)21-8-6-7-12(18)15-3;1-2-6-11-8(13)5-7-12-9(14)3-4-10(12)15/h11H,4-10H2,1-3H3,(H,15,18)(H,16,19)(H,17,20);3-4H,2,5-7H2,1H3,(H,11,13). The summed E-state index contributed by atoms with van der Waals surface area (Å²) in [5, 5.41) is 10.2. The van der Waals surface area contributed by atoms with Crippen molar-refractivity contribution in [3.05, 3.63) is 12.2 Å². The van der Waals surface area contributed by atoms with Crippen molar-refractivity contribution in [2.24, 2.45) is 0 Å². The highest BCUT2D eigenvalue weighted by atomic mass is 16.6. The summed E-state index contributed by atoms with van der Waals surface area (Å²) in [6, 6.07) is 0. The number of rotatable bonds is 16. The van der Waals surface area contributed by atoms with E-state index in [0.29, 0.717) is 32.5 Å². The highest BCUT2D eigenvalue weighted by Gasteiger charge is 2.23. The molecule has 14 heteroatoms. The van der Waals surface area contributed by atoms with Gasteiger partial charge in [-0.05, 0) is 26.7 Å². The second kappa shape index (κ2) is 21.4. The van der Waals surface area contributed by atoms with Crippen LogP contribution in [0, 0.1) is 0 Å². The molecule has 1 heterocycles. The lowest BCUT2D eigenvalue weighted by Crippen LogP contribution is -2.34. The van der Waals surface area contributed by atoms with Crippen LogP contribution < -0.4 is 21.3 Å². The second-order valence-corrected chi connectivity index (χ2v) is 7.79. The van der Waals surface area contributed by atoms with Crippen LogP contribution in [-0.2, 0) is 33.4 Å². The van der Waals surface area contributed by atoms with Gasteiger partial charge in [-0.1, -0.05) is 6.92 Å². The summed E-state index contributed by atoms with van der Waals surface area (Å²) in [6.07, 6.45) is 2.58. The van der Waals surface area contributed by atoms with Gasteiger partial charge in [-0.3, -0.25) is 24.1 Å². The molecule has 216 valence electrons. The molecule has 0 aromatic heterocycles. The Hall–Kier alpha value is -3.68. The van der Waals surface area contributed by atoms with Crippen molar-refractivity contribution in [2.75, 3.05) is 53.0 Å². The lowest BCUT2D eigenvalue weighted by molar-refractivity contribution is -0.137. The topological polar surface area (TPSA) is 181 Å². The minimum atomic E-state index is -0.593. The third-order valence-corrected chi connectivity index (χ3v) is 4.66. The maximum Gasteiger partial charge on any atom is 0.407 e. The first-order valence-corrected chi connectivity index (χ1v) is 12.6. The van der Waals surface area contributed by atoms with Gasteiger partial charge < -0.3 is 35.5 Å². The van der Waals surface area contributed by atoms with E-state index in [1.807, 2.05) is 6.92 Å². The molecule has 4 N–H and O–H groups in total. The van der Waals surface area contributed by atoms with Gasteiger partial charge in [0.1, 0.15) is 19.3 Å². The number of imide groups is 1. The van der Waals surface area contributed by atoms with E-state index >= 15 is 0 Å². The Kier molecular flexibility index (Phi) is 19.3. The van der Waals surface area contributed by atoms with Gasteiger partial charge in [0.15, 0.2) is 0 Å². The summed E-state index contributed by atoms with van der Waals surface area (Å²) in [4.78, 5) is 68.1. The highest BCUT2D eigenvalue weighted by molar-refractivity contribution is 6.13. The van der Waals surface area contributed by atoms with E-state index in [-0.39, 0.29) is 56.4 Å². The van der Waals surface area contributed by atoms with Gasteiger partial charge in [-0.15, -0.1) is 0 Å². The van der Waals surface area contributed by atoms with Gasteiger partial charge in [0.2, 0.25) is 11.8 Å². The van der Waals surface area contributed by atoms with Crippen LogP contribution in [0.5, 0.6) is 0 Å². The Bertz CT molecular complexity index is 764. The van der Waals surface area contributed by atoms with Crippen LogP contribution in [-0.4, -0.2) is 99.9 Å². The van der Waals surface area contributed by atoms with Crippen molar-refractivity contribution in [3.63, 3.8) is 0 Å². The average Bonchev–Trinajstić information content (AvgIpc) is 3.22. The van der Waals surface area contributed by atoms with Crippen LogP contribution in [0.3, 0.4) is 0 Å². The maximum absolute atomic E-state index is 11.3. The number of nitrogens with one attached hydrogen (secondary N) is 4. The molecule has 14 nitrogen and oxygen atoms in total. The van der Waals surface area contributed by atoms with E-state index in [9.17, 15) is 28.8 Å². The normalized spacial score (nSPS) is 12.0. The van der Waals surface area contributed by atoms with Gasteiger partial charge >= 0.3 is 12.2 Å². The molecule has 0 unspecified atom stereocenters. The van der Waals surface area contributed by atoms with Crippen LogP contribution in [0.25, 0.3) is 0 Å². The number of alkyl carbamates (subject to hydrolysis) is 2. The fourth-order valence-electron chi connectivity index (χ4n) is 2.70. The fourth-order valence-corrected chi connectivity index (χ4v) is 2.70. The molecule has 1 aliphatic rings. The van der Waals surface area contributed by atoms with Crippen molar-refractivity contribution in [1.29, 1.82) is 0 Å². The third kappa shape index (κ3) is 16.9. The molecular formula is C24H41N5O9. The van der Waals surface area contributed by atoms with E-state index < -0.39 is 18.3 Å². The second-order valence-electron chi connectivity index (χ2n) is 7.79. The van der Waals surface area contributed by atoms with Crippen LogP contribution >= 0.6 is 0 Å². The predicted octanol–water partition coefficient (Wildman–Crippen LogP) is 0.218. The van der Waals surface area contributed by atoms with Crippen molar-refractivity contribution in [1.82, 2.24) is 26.2 Å². The molecule has 0 aromatic rings. The Labute approximate surface area is 223 Å². The number of carbonyl (C=O) groups excluding carboxylic acids is 6. The quantitative estimate of drug-likeness (QED) is 0.156. The summed E-state index contributed by atoms with van der Waals surface area (Å²) in [5.74, 6) is -0.904. The Morgan fingerprint density at radius 1 is 0.842 bits per heavy atom. The van der Waals surface area contributed by atoms with Crippen molar-refractivity contribution < 1.29 is 43.0 Å². The van der Waals surface area contributed by atoms with E-state index in [1.165, 1.54) is 12.2 Å². The number of amides is 6. The molecule has 0 radical (unpaired) electrons. The van der Waals surface area contributed by atoms with Gasteiger partial charge in [-0.25, -0.2) is 9.59 Å². The maximum atomic E-state index is 11.3. The number of hydrogen-bond donors (Lipinski definition) is 4. The third-order valence-electron chi connectivity index (χ3n) is 4.66. The molecular weight excluding hydrogens is 502 g/mol. The van der Waals surface area contributed by atoms with Crippen molar-refractivity contribution in [2.45, 2.75) is 52.6 Å². The van der Waals surface area contributed by atoms with Crippen LogP contribution in [0.15, 0.2) is 12.2 Å². The van der Waals surface area contributed by atoms with Crippen molar-refractivity contribution >= 4 is 35.8 Å². The first-order valence-electron chi connectivity index (χ1n) is 12.6. The molecule has 6 amide bonds. The van der Waals surface area contributed by atoms with Gasteiger partial charge in [0.05, 0.1) is 0 Å². The Balaban J connectivity index is 0.000000784. The molecule has 0 atom stereocenters. The number of carbonyl (C=O) groups is 6. The SMILES string of the molecule is CCCNC(=O)CCN1C(=O)C=CC1=O.CCNC(=O)OCC(COC(=O)NCC)OCCCC(=O)NC. The largest absolute Gasteiger partial charge is 0.447 e. The molecule has 38 heavy (non-hydrogen) atoms. The zero-order valence-corrected chi connectivity index (χ0v) is 22.6. The minimum Gasteiger partial charge on any atom is -0.447 e. The molecule has 0 fully saturated rings. The number of hydrogen-bond acceptors (Lipinski definition) is 9. The van der Waals surface area contributed by atoms with E-state index in [4.69, 9.17) is 14.2 Å². The Morgan fingerprint density at radius 2 is 1.39 bits per heavy atom. The molecule has 1 aliphatic heterocycles. The monoisotopic (exact) mass is 543 g/mol. The number of nitrogens with zero attached hydrogens (tertiary/aromatic N) is 1. The molecule has 0 saturated carbocycles. The number of ether oxygens (including phenoxy) is 3. The summed E-state index contributed by atoms with van der Waals surface area (Å²) in [6.45, 7) is 7.36. The first-order chi connectivity index (χ1) is 18.2. The van der Waals surface area contributed by atoms with E-state index in [0.717, 1.165) is 11.3 Å². The lowest BCUT2D eigenvalue weighted by Gasteiger charge is -2.18. The summed E-state index contributed by atoms with van der Waals surface area (Å²) < 4.78 is 15.4. The molecule has 1 rings (SSSR count). The zero-order chi connectivity index (χ0) is 28.8. The first kappa shape index (κ1) is 34.3. The molecule has 0 bridgehead atoms. The van der Waals surface area contributed by atoms with Gasteiger partial charge in [0.25, 0.3) is 11.8 Å². The smallest absolute Gasteiger partial charge is 0.407 e. The highest BCUT2D eigenvalue weighted by Crippen LogP contribution is 2.04. The van der Waals surface area contributed by atoms with Gasteiger partial charge in [-0.2, -0.15) is 0 Å². The van der Waals surface area contributed by atoms with Crippen LogP contribution in [0.2, 0.25) is 0 Å². The van der Waals surface area contributed by atoms with Crippen molar-refractivity contribution in [3.8, 4) is 0 Å². The van der Waals surface area contributed by atoms with Crippen LogP contribution in [0.1, 0.15) is 46.5 Å². The van der Waals surface area contributed by atoms with E-state index in [2.05, 4.69) is 21.3 Å². The Morgan fingerprint density at radius 3 is 1.87 bits per heavy atom. The predicted molar refractivity (Wildman–Crippen MR) is 137 cm³/mol. The van der Waals surface area contributed by atoms with Gasteiger partial charge in [0, 0.05) is 64.8 Å². The van der Waals surface area contributed by atoms with E-state index in [1.54, 1.807) is 20.9 Å². The minimum absolute atomic E-state index is 0.0504. The summed E-state index contributed by atoms with van der Waals surface area (Å²) in [7, 11) is 1.56. The molecule has 0 aromatic carbocycles. The fraction of sp³-hybridized carbons (Fsp3) is 0.667. The lowest BCUT2D eigenvalue weighted by atomic mass is 10.3. The zero-order valence-electron chi connectivity index (χ0n) is 22.6.